The summed E-state index contributed by atoms with van der Waals surface area (Å²) >= 11 is 5.55. The van der Waals surface area contributed by atoms with E-state index >= 15 is 0 Å². The van der Waals surface area contributed by atoms with Gasteiger partial charge < -0.3 is 14.2 Å². The molecule has 0 aliphatic carbocycles. The van der Waals surface area contributed by atoms with Crippen molar-refractivity contribution in [2.75, 3.05) is 12.1 Å². The Labute approximate surface area is 153 Å². The zero-order valence-corrected chi connectivity index (χ0v) is 14.8. The van der Waals surface area contributed by atoms with Gasteiger partial charge in [0.15, 0.2) is 5.82 Å². The highest BCUT2D eigenvalue weighted by molar-refractivity contribution is 6.27. The lowest BCUT2D eigenvalue weighted by molar-refractivity contribution is -0.155. The van der Waals surface area contributed by atoms with E-state index in [1.165, 1.54) is 36.2 Å². The number of nitrogens with zero attached hydrogens (tertiary/aromatic N) is 2. The Kier molecular flexibility index (Phi) is 6.72. The van der Waals surface area contributed by atoms with E-state index in [2.05, 4.69) is 4.98 Å². The van der Waals surface area contributed by atoms with Crippen molar-refractivity contribution in [2.45, 2.75) is 38.7 Å². The number of ether oxygens (including phenoxy) is 3. The molecule has 11 heteroatoms. The van der Waals surface area contributed by atoms with Crippen LogP contribution in [0.1, 0.15) is 32.1 Å². The molecule has 2 heterocycles. The summed E-state index contributed by atoms with van der Waals surface area (Å²) in [5, 5.41) is 9.06. The van der Waals surface area contributed by atoms with Gasteiger partial charge in [-0.1, -0.05) is 11.6 Å². The number of carbonyl (C=O) groups is 2. The standard InChI is InChI=1S/C15H18ClN3O7/c1-8(20)24-7-12-11(25-9(2)21)5-13(26-12)19-6-10(3-4-16)14(18-23)17-15(19)22/h3-4,6,11-13,23H,5,7H2,1-2H3,(H,17,18,22)/t11-,12+,13+/m0/s1. The van der Waals surface area contributed by atoms with Gasteiger partial charge in [-0.25, -0.2) is 4.79 Å². The van der Waals surface area contributed by atoms with Gasteiger partial charge >= 0.3 is 17.6 Å². The predicted molar refractivity (Wildman–Crippen MR) is 89.5 cm³/mol. The van der Waals surface area contributed by atoms with Crippen molar-refractivity contribution in [1.82, 2.24) is 9.55 Å². The summed E-state index contributed by atoms with van der Waals surface area (Å²) in [4.78, 5) is 38.2. The molecule has 0 amide bonds. The van der Waals surface area contributed by atoms with E-state index in [1.54, 1.807) is 0 Å². The van der Waals surface area contributed by atoms with E-state index < -0.39 is 36.1 Å². The number of halogens is 1. The molecule has 142 valence electrons. The Balaban J connectivity index is 2.30. The normalized spacial score (nSPS) is 22.4. The van der Waals surface area contributed by atoms with Crippen LogP contribution in [0.3, 0.4) is 0 Å². The smallest absolute Gasteiger partial charge is 0.351 e. The summed E-state index contributed by atoms with van der Waals surface area (Å²) in [6, 6.07) is 0. The van der Waals surface area contributed by atoms with Gasteiger partial charge in [-0.2, -0.15) is 4.98 Å². The van der Waals surface area contributed by atoms with Gasteiger partial charge in [0, 0.05) is 37.6 Å². The molecule has 26 heavy (non-hydrogen) atoms. The summed E-state index contributed by atoms with van der Waals surface area (Å²) in [7, 11) is 0. The molecular formula is C15H18ClN3O7. The first kappa shape index (κ1) is 19.9. The topological polar surface area (TPSA) is 129 Å². The zero-order valence-electron chi connectivity index (χ0n) is 14.0. The quantitative estimate of drug-likeness (QED) is 0.543. The monoisotopic (exact) mass is 387 g/mol. The van der Waals surface area contributed by atoms with Crippen molar-refractivity contribution in [2.24, 2.45) is 0 Å². The molecule has 1 fully saturated rings. The molecular weight excluding hydrogens is 370 g/mol. The van der Waals surface area contributed by atoms with Crippen molar-refractivity contribution in [3.63, 3.8) is 0 Å². The lowest BCUT2D eigenvalue weighted by atomic mass is 10.2. The van der Waals surface area contributed by atoms with Crippen molar-refractivity contribution in [3.05, 3.63) is 27.8 Å². The van der Waals surface area contributed by atoms with Crippen LogP contribution in [0.5, 0.6) is 0 Å². The molecule has 2 rings (SSSR count). The van der Waals surface area contributed by atoms with Crippen LogP contribution in [-0.2, 0) is 23.8 Å². The summed E-state index contributed by atoms with van der Waals surface area (Å²) in [6.45, 7) is 2.36. The second-order valence-electron chi connectivity index (χ2n) is 5.45. The van der Waals surface area contributed by atoms with Gasteiger partial charge in [-0.05, 0) is 6.08 Å². The second kappa shape index (κ2) is 8.79. The molecule has 3 atom stereocenters. The van der Waals surface area contributed by atoms with Gasteiger partial charge in [0.1, 0.15) is 25.0 Å². The first-order valence-electron chi connectivity index (χ1n) is 7.61. The molecule has 0 bridgehead atoms. The zero-order chi connectivity index (χ0) is 19.3. The predicted octanol–water partition coefficient (Wildman–Crippen LogP) is 1.04. The van der Waals surface area contributed by atoms with Crippen LogP contribution in [0.2, 0.25) is 0 Å². The van der Waals surface area contributed by atoms with Crippen LogP contribution < -0.4 is 11.2 Å². The molecule has 1 aliphatic rings. The first-order chi connectivity index (χ1) is 12.3. The first-order valence-corrected chi connectivity index (χ1v) is 8.05. The number of nitrogens with one attached hydrogen (secondary N) is 1. The van der Waals surface area contributed by atoms with Gasteiger partial charge in [0.25, 0.3) is 0 Å². The van der Waals surface area contributed by atoms with Crippen molar-refractivity contribution in [3.8, 4) is 0 Å². The largest absolute Gasteiger partial charge is 0.463 e. The van der Waals surface area contributed by atoms with Gasteiger partial charge in [0.05, 0.1) is 0 Å². The highest BCUT2D eigenvalue weighted by Gasteiger charge is 2.39. The van der Waals surface area contributed by atoms with Crippen LogP contribution in [0.25, 0.3) is 6.08 Å². The molecule has 0 saturated carbocycles. The van der Waals surface area contributed by atoms with E-state index in [1.807, 2.05) is 5.48 Å². The minimum atomic E-state index is -0.810. The van der Waals surface area contributed by atoms with Gasteiger partial charge in [0.2, 0.25) is 0 Å². The number of aromatic nitrogens is 2. The Morgan fingerprint density at radius 2 is 2.23 bits per heavy atom. The third kappa shape index (κ3) is 4.81. The summed E-state index contributed by atoms with van der Waals surface area (Å²) < 4.78 is 17.0. The highest BCUT2D eigenvalue weighted by Crippen LogP contribution is 2.31. The maximum atomic E-state index is 12.2. The molecule has 1 aromatic heterocycles. The second-order valence-corrected chi connectivity index (χ2v) is 5.71. The number of hydrogen-bond donors (Lipinski definition) is 2. The summed E-state index contributed by atoms with van der Waals surface area (Å²) in [5.41, 5.74) is 2.63. The van der Waals surface area contributed by atoms with Gasteiger partial charge in [-0.15, -0.1) is 0 Å². The Morgan fingerprint density at radius 1 is 1.50 bits per heavy atom. The highest BCUT2D eigenvalue weighted by atomic mass is 35.5. The minimum Gasteiger partial charge on any atom is -0.463 e. The fourth-order valence-electron chi connectivity index (χ4n) is 2.53. The summed E-state index contributed by atoms with van der Waals surface area (Å²) in [5.74, 6) is -1.11. The van der Waals surface area contributed by atoms with Crippen LogP contribution in [0.4, 0.5) is 5.82 Å². The maximum absolute atomic E-state index is 12.2. The average molecular weight is 388 g/mol. The molecule has 0 spiro atoms. The molecule has 2 N–H and O–H groups in total. The number of anilines is 1. The fraction of sp³-hybridized carbons (Fsp3) is 0.467. The Bertz CT molecular complexity index is 764. The molecule has 0 unspecified atom stereocenters. The van der Waals surface area contributed by atoms with E-state index in [0.717, 1.165) is 0 Å². The molecule has 1 saturated heterocycles. The van der Waals surface area contributed by atoms with Crippen LogP contribution in [-0.4, -0.2) is 45.5 Å². The number of hydrogen-bond acceptors (Lipinski definition) is 9. The molecule has 0 aromatic carbocycles. The third-order valence-electron chi connectivity index (χ3n) is 3.59. The summed E-state index contributed by atoms with van der Waals surface area (Å²) in [6.07, 6.45) is 0.709. The third-order valence-corrected chi connectivity index (χ3v) is 3.71. The van der Waals surface area contributed by atoms with Crippen LogP contribution >= 0.6 is 11.6 Å². The molecule has 0 radical (unpaired) electrons. The van der Waals surface area contributed by atoms with Crippen molar-refractivity contribution >= 4 is 35.4 Å². The Morgan fingerprint density at radius 3 is 2.81 bits per heavy atom. The van der Waals surface area contributed by atoms with Crippen LogP contribution in [0.15, 0.2) is 16.5 Å². The maximum Gasteiger partial charge on any atom is 0.351 e. The molecule has 1 aliphatic heterocycles. The van der Waals surface area contributed by atoms with Crippen LogP contribution in [0, 0.1) is 0 Å². The van der Waals surface area contributed by atoms with Crippen molar-refractivity contribution in [1.29, 1.82) is 0 Å². The van der Waals surface area contributed by atoms with E-state index in [0.29, 0.717) is 5.56 Å². The SMILES string of the molecule is CC(=O)OC[C@H]1O[C@@H](n2cc(C=CCl)c(NO)nc2=O)C[C@@H]1OC(C)=O. The van der Waals surface area contributed by atoms with E-state index in [-0.39, 0.29) is 18.8 Å². The lowest BCUT2D eigenvalue weighted by Gasteiger charge is -2.18. The van der Waals surface area contributed by atoms with Gasteiger partial charge in [-0.3, -0.25) is 24.8 Å². The molecule has 10 nitrogen and oxygen atoms in total. The number of carbonyl (C=O) groups excluding carboxylic acids is 2. The van der Waals surface area contributed by atoms with E-state index in [4.69, 9.17) is 31.0 Å². The van der Waals surface area contributed by atoms with Crippen molar-refractivity contribution < 1.29 is 29.0 Å². The Hall–Kier alpha value is -2.43. The number of rotatable bonds is 6. The average Bonchev–Trinajstić information content (AvgIpc) is 2.96. The number of esters is 2. The van der Waals surface area contributed by atoms with E-state index in [9.17, 15) is 14.4 Å². The lowest BCUT2D eigenvalue weighted by Crippen LogP contribution is -2.31. The molecule has 1 aromatic rings. The minimum absolute atomic E-state index is 0.0749. The fourth-order valence-corrected chi connectivity index (χ4v) is 2.66.